The van der Waals surface area contributed by atoms with Gasteiger partial charge in [0, 0.05) is 18.9 Å². The van der Waals surface area contributed by atoms with Crippen LogP contribution in [-0.2, 0) is 4.74 Å². The zero-order valence-electron chi connectivity index (χ0n) is 16.7. The lowest BCUT2D eigenvalue weighted by Crippen LogP contribution is -2.29. The van der Waals surface area contributed by atoms with Crippen molar-refractivity contribution in [1.29, 1.82) is 0 Å². The van der Waals surface area contributed by atoms with Gasteiger partial charge >= 0.3 is 6.09 Å². The fourth-order valence-electron chi connectivity index (χ4n) is 3.62. The molecule has 0 bridgehead atoms. The van der Waals surface area contributed by atoms with Crippen LogP contribution in [0.15, 0.2) is 60.7 Å². The minimum atomic E-state index is -0.457. The van der Waals surface area contributed by atoms with Crippen molar-refractivity contribution in [3.63, 3.8) is 0 Å². The minimum Gasteiger partial charge on any atom is -0.449 e. The van der Waals surface area contributed by atoms with Crippen LogP contribution in [0.25, 0.3) is 11.1 Å². The van der Waals surface area contributed by atoms with Crippen molar-refractivity contribution in [1.82, 2.24) is 10.7 Å². The number of hydrogen-bond acceptors (Lipinski definition) is 5. The molecule has 0 unspecified atom stereocenters. The Balaban J connectivity index is 1.26. The molecule has 0 saturated carbocycles. The second kappa shape index (κ2) is 9.47. The van der Waals surface area contributed by atoms with Crippen molar-refractivity contribution in [2.45, 2.75) is 12.3 Å². The average Bonchev–Trinajstić information content (AvgIpc) is 3.40. The molecule has 7 heteroatoms. The molecule has 0 saturated heterocycles. The van der Waals surface area contributed by atoms with Crippen molar-refractivity contribution >= 4 is 23.3 Å². The number of carbonyl (C=O) groups excluding carboxylic acids is 2. The molecule has 4 N–H and O–H groups in total. The Hall–Kier alpha value is -3.60. The standard InChI is InChI=1S/C24H21N3O3S/c25-27-23(28)22-13-12-16(31-22)7-5-6-14-26-24(29)30-15-21-19-10-3-1-8-17(19)18-9-2-4-11-20(18)21/h1-4,8-13,21H,6,14-15,25H2,(H,26,29)(H,27,28). The predicted molar refractivity (Wildman–Crippen MR) is 121 cm³/mol. The lowest BCUT2D eigenvalue weighted by Gasteiger charge is -2.14. The Bertz CT molecular complexity index is 1130. The lowest BCUT2D eigenvalue weighted by atomic mass is 9.98. The highest BCUT2D eigenvalue weighted by atomic mass is 32.1. The molecule has 3 aromatic rings. The van der Waals surface area contributed by atoms with Crippen molar-refractivity contribution in [3.8, 4) is 23.0 Å². The number of fused-ring (bicyclic) bond motifs is 3. The molecule has 1 aromatic heterocycles. The molecule has 1 heterocycles. The SMILES string of the molecule is NNC(=O)c1ccc(C#CCCNC(=O)OCC2c3ccccc3-c3ccccc32)s1. The maximum absolute atomic E-state index is 12.1. The molecule has 2 aromatic carbocycles. The number of benzene rings is 2. The van der Waals surface area contributed by atoms with E-state index in [4.69, 9.17) is 10.6 Å². The number of amides is 2. The van der Waals surface area contributed by atoms with Crippen LogP contribution in [0.4, 0.5) is 4.79 Å². The third-order valence-corrected chi connectivity index (χ3v) is 6.03. The smallest absolute Gasteiger partial charge is 0.407 e. The van der Waals surface area contributed by atoms with Gasteiger partial charge in [-0.05, 0) is 34.4 Å². The average molecular weight is 432 g/mol. The van der Waals surface area contributed by atoms with E-state index in [0.717, 1.165) is 4.88 Å². The molecular formula is C24H21N3O3S. The van der Waals surface area contributed by atoms with E-state index in [2.05, 4.69) is 46.8 Å². The van der Waals surface area contributed by atoms with Crippen molar-refractivity contribution in [2.24, 2.45) is 5.84 Å². The highest BCUT2D eigenvalue weighted by Crippen LogP contribution is 2.44. The predicted octanol–water partition coefficient (Wildman–Crippen LogP) is 3.63. The van der Waals surface area contributed by atoms with E-state index in [1.54, 1.807) is 12.1 Å². The Morgan fingerprint density at radius 2 is 1.68 bits per heavy atom. The number of hydrazine groups is 1. The Kier molecular flexibility index (Phi) is 6.32. The summed E-state index contributed by atoms with van der Waals surface area (Å²) in [6.45, 7) is 0.665. The minimum absolute atomic E-state index is 0.0386. The maximum Gasteiger partial charge on any atom is 0.407 e. The molecule has 2 amide bonds. The fraction of sp³-hybridized carbons (Fsp3) is 0.167. The summed E-state index contributed by atoms with van der Waals surface area (Å²) in [5.41, 5.74) is 6.85. The topological polar surface area (TPSA) is 93.5 Å². The summed E-state index contributed by atoms with van der Waals surface area (Å²) >= 11 is 1.26. The van der Waals surface area contributed by atoms with Crippen LogP contribution in [0.2, 0.25) is 0 Å². The maximum atomic E-state index is 12.1. The number of carbonyl (C=O) groups is 2. The quantitative estimate of drug-likeness (QED) is 0.189. The summed E-state index contributed by atoms with van der Waals surface area (Å²) in [6, 6.07) is 19.9. The lowest BCUT2D eigenvalue weighted by molar-refractivity contribution is 0.0957. The Morgan fingerprint density at radius 3 is 2.35 bits per heavy atom. The van der Waals surface area contributed by atoms with Crippen LogP contribution in [0.3, 0.4) is 0 Å². The van der Waals surface area contributed by atoms with Crippen LogP contribution in [-0.4, -0.2) is 25.2 Å². The van der Waals surface area contributed by atoms with Crippen molar-refractivity contribution in [3.05, 3.63) is 81.5 Å². The van der Waals surface area contributed by atoms with Crippen molar-refractivity contribution in [2.75, 3.05) is 13.2 Å². The van der Waals surface area contributed by atoms with E-state index in [9.17, 15) is 9.59 Å². The van der Waals surface area contributed by atoms with E-state index in [-0.39, 0.29) is 18.4 Å². The van der Waals surface area contributed by atoms with Crippen LogP contribution in [0.5, 0.6) is 0 Å². The third kappa shape index (κ3) is 4.61. The summed E-state index contributed by atoms with van der Waals surface area (Å²) < 4.78 is 5.49. The molecular weight excluding hydrogens is 410 g/mol. The first kappa shape index (κ1) is 20.7. The van der Waals surface area contributed by atoms with Gasteiger partial charge in [-0.25, -0.2) is 10.6 Å². The molecule has 0 fully saturated rings. The second-order valence-electron chi connectivity index (χ2n) is 6.94. The summed E-state index contributed by atoms with van der Waals surface area (Å²) in [5.74, 6) is 10.8. The van der Waals surface area contributed by atoms with Gasteiger partial charge < -0.3 is 10.1 Å². The first-order valence-electron chi connectivity index (χ1n) is 9.86. The highest BCUT2D eigenvalue weighted by molar-refractivity contribution is 7.14. The number of ether oxygens (including phenoxy) is 1. The number of hydrogen-bond donors (Lipinski definition) is 3. The van der Waals surface area contributed by atoms with Gasteiger partial charge in [-0.2, -0.15) is 0 Å². The second-order valence-corrected chi connectivity index (χ2v) is 8.03. The summed E-state index contributed by atoms with van der Waals surface area (Å²) in [4.78, 5) is 24.8. The first-order valence-corrected chi connectivity index (χ1v) is 10.7. The largest absolute Gasteiger partial charge is 0.449 e. The van der Waals surface area contributed by atoms with Gasteiger partial charge in [0.25, 0.3) is 5.91 Å². The number of nitrogens with one attached hydrogen (secondary N) is 2. The number of alkyl carbamates (subject to hydrolysis) is 1. The summed E-state index contributed by atoms with van der Waals surface area (Å²) in [6.07, 6.45) is 0.0160. The molecule has 6 nitrogen and oxygen atoms in total. The van der Waals surface area contributed by atoms with Gasteiger partial charge in [0.2, 0.25) is 0 Å². The molecule has 0 atom stereocenters. The molecule has 1 aliphatic carbocycles. The fourth-order valence-corrected chi connectivity index (χ4v) is 4.41. The number of nitrogens with two attached hydrogens (primary N) is 1. The van der Waals surface area contributed by atoms with E-state index in [1.807, 2.05) is 24.3 Å². The molecule has 4 rings (SSSR count). The van der Waals surface area contributed by atoms with E-state index >= 15 is 0 Å². The van der Waals surface area contributed by atoms with E-state index < -0.39 is 6.09 Å². The highest BCUT2D eigenvalue weighted by Gasteiger charge is 2.28. The van der Waals surface area contributed by atoms with Crippen LogP contribution in [0.1, 0.15) is 38.0 Å². The van der Waals surface area contributed by atoms with Gasteiger partial charge in [-0.3, -0.25) is 10.2 Å². The molecule has 0 aliphatic heterocycles. The molecule has 0 radical (unpaired) electrons. The van der Waals surface area contributed by atoms with E-state index in [1.165, 1.54) is 33.6 Å². The van der Waals surface area contributed by atoms with Gasteiger partial charge in [0.05, 0.1) is 9.75 Å². The number of nitrogen functional groups attached to an aromatic ring is 1. The van der Waals surface area contributed by atoms with Gasteiger partial charge in [-0.1, -0.05) is 60.4 Å². The molecule has 1 aliphatic rings. The van der Waals surface area contributed by atoms with Crippen LogP contribution in [0, 0.1) is 11.8 Å². The summed E-state index contributed by atoms with van der Waals surface area (Å²) in [7, 11) is 0. The van der Waals surface area contributed by atoms with Crippen molar-refractivity contribution < 1.29 is 14.3 Å². The molecule has 31 heavy (non-hydrogen) atoms. The first-order chi connectivity index (χ1) is 15.2. The van der Waals surface area contributed by atoms with Crippen LogP contribution >= 0.6 is 11.3 Å². The number of thiophene rings is 1. The normalized spacial score (nSPS) is 11.6. The third-order valence-electron chi connectivity index (χ3n) is 5.04. The van der Waals surface area contributed by atoms with Gasteiger partial charge in [0.15, 0.2) is 0 Å². The van der Waals surface area contributed by atoms with Gasteiger partial charge in [-0.15, -0.1) is 11.3 Å². The Labute approximate surface area is 184 Å². The monoisotopic (exact) mass is 431 g/mol. The van der Waals surface area contributed by atoms with Gasteiger partial charge in [0.1, 0.15) is 6.61 Å². The summed E-state index contributed by atoms with van der Waals surface area (Å²) in [5, 5.41) is 2.73. The molecule has 0 spiro atoms. The zero-order valence-corrected chi connectivity index (χ0v) is 17.5. The van der Waals surface area contributed by atoms with E-state index in [0.29, 0.717) is 17.8 Å². The number of rotatable bonds is 5. The van der Waals surface area contributed by atoms with Crippen LogP contribution < -0.4 is 16.6 Å². The zero-order chi connectivity index (χ0) is 21.6. The molecule has 156 valence electrons. The Morgan fingerprint density at radius 1 is 1.00 bits per heavy atom.